The highest BCUT2D eigenvalue weighted by atomic mass is 16.3. The molecule has 2 aliphatic rings. The molecule has 20 heavy (non-hydrogen) atoms. The number of amides is 1. The van der Waals surface area contributed by atoms with Crippen molar-refractivity contribution in [2.75, 3.05) is 13.2 Å². The first-order valence-corrected chi connectivity index (χ1v) is 7.83. The van der Waals surface area contributed by atoms with Gasteiger partial charge in [-0.3, -0.25) is 4.79 Å². The monoisotopic (exact) mass is 273 g/mol. The van der Waals surface area contributed by atoms with Gasteiger partial charge in [0.05, 0.1) is 12.6 Å². The van der Waals surface area contributed by atoms with Crippen molar-refractivity contribution in [3.63, 3.8) is 0 Å². The van der Waals surface area contributed by atoms with E-state index in [1.807, 2.05) is 11.0 Å². The van der Waals surface area contributed by atoms with E-state index in [2.05, 4.69) is 12.1 Å². The summed E-state index contributed by atoms with van der Waals surface area (Å²) in [4.78, 5) is 14.5. The van der Waals surface area contributed by atoms with Gasteiger partial charge in [0.2, 0.25) is 0 Å². The summed E-state index contributed by atoms with van der Waals surface area (Å²) in [6.07, 6.45) is 7.82. The first kappa shape index (κ1) is 13.6. The molecule has 0 bridgehead atoms. The lowest BCUT2D eigenvalue weighted by atomic mass is 9.90. The number of hydrogen-bond donors (Lipinski definition) is 1. The molecule has 1 N–H and O–H groups in total. The molecular weight excluding hydrogens is 250 g/mol. The minimum absolute atomic E-state index is 0.00674. The van der Waals surface area contributed by atoms with Gasteiger partial charge in [-0.15, -0.1) is 0 Å². The number of carbonyl (C=O) groups is 1. The van der Waals surface area contributed by atoms with Crippen molar-refractivity contribution in [1.82, 2.24) is 4.90 Å². The highest BCUT2D eigenvalue weighted by molar-refractivity contribution is 5.94. The van der Waals surface area contributed by atoms with Crippen LogP contribution in [0.2, 0.25) is 0 Å². The molecule has 3 nitrogen and oxygen atoms in total. The van der Waals surface area contributed by atoms with E-state index in [-0.39, 0.29) is 18.6 Å². The van der Waals surface area contributed by atoms with Crippen LogP contribution in [0.4, 0.5) is 0 Å². The molecule has 1 aliphatic carbocycles. The Balaban J connectivity index is 1.82. The second-order valence-electron chi connectivity index (χ2n) is 6.02. The smallest absolute Gasteiger partial charge is 0.254 e. The Kier molecular flexibility index (Phi) is 4.06. The Morgan fingerprint density at radius 2 is 1.95 bits per heavy atom. The van der Waals surface area contributed by atoms with Gasteiger partial charge in [-0.05, 0) is 68.2 Å². The van der Waals surface area contributed by atoms with Crippen LogP contribution in [0.1, 0.15) is 53.6 Å². The van der Waals surface area contributed by atoms with Crippen molar-refractivity contribution in [1.29, 1.82) is 0 Å². The van der Waals surface area contributed by atoms with Crippen LogP contribution in [0.5, 0.6) is 0 Å². The summed E-state index contributed by atoms with van der Waals surface area (Å²) in [5.41, 5.74) is 3.55. The van der Waals surface area contributed by atoms with Gasteiger partial charge in [0, 0.05) is 12.1 Å². The zero-order valence-electron chi connectivity index (χ0n) is 12.0. The summed E-state index contributed by atoms with van der Waals surface area (Å²) < 4.78 is 0. The highest BCUT2D eigenvalue weighted by Gasteiger charge is 2.27. The van der Waals surface area contributed by atoms with Gasteiger partial charge in [-0.2, -0.15) is 0 Å². The Labute approximate surface area is 120 Å². The molecule has 1 aliphatic heterocycles. The van der Waals surface area contributed by atoms with Crippen molar-refractivity contribution >= 4 is 5.91 Å². The topological polar surface area (TPSA) is 40.5 Å². The third-order valence-electron chi connectivity index (χ3n) is 4.69. The van der Waals surface area contributed by atoms with Crippen LogP contribution in [0, 0.1) is 0 Å². The van der Waals surface area contributed by atoms with Crippen molar-refractivity contribution < 1.29 is 9.90 Å². The summed E-state index contributed by atoms with van der Waals surface area (Å²) in [6, 6.07) is 6.18. The molecule has 0 saturated carbocycles. The predicted molar refractivity (Wildman–Crippen MR) is 78.8 cm³/mol. The van der Waals surface area contributed by atoms with Gasteiger partial charge < -0.3 is 10.0 Å². The summed E-state index contributed by atoms with van der Waals surface area (Å²) in [5.74, 6) is 0.0946. The molecule has 1 atom stereocenters. The zero-order chi connectivity index (χ0) is 13.9. The standard InChI is InChI=1S/C17H23NO2/c19-12-16-7-3-4-10-18(16)17(20)15-9-8-13-5-1-2-6-14(13)11-15/h8-9,11,16,19H,1-7,10,12H2. The number of likely N-dealkylation sites (tertiary alicyclic amines) is 1. The lowest BCUT2D eigenvalue weighted by Gasteiger charge is -2.35. The summed E-state index contributed by atoms with van der Waals surface area (Å²) in [7, 11) is 0. The van der Waals surface area contributed by atoms with Gasteiger partial charge in [-0.25, -0.2) is 0 Å². The average molecular weight is 273 g/mol. The Morgan fingerprint density at radius 1 is 1.15 bits per heavy atom. The van der Waals surface area contributed by atoms with Crippen LogP contribution in [-0.2, 0) is 12.8 Å². The molecule has 1 aromatic carbocycles. The Bertz CT molecular complexity index is 498. The number of carbonyl (C=O) groups excluding carboxylic acids is 1. The lowest BCUT2D eigenvalue weighted by molar-refractivity contribution is 0.0503. The van der Waals surface area contributed by atoms with Gasteiger partial charge in [0.25, 0.3) is 5.91 Å². The second-order valence-corrected chi connectivity index (χ2v) is 6.02. The highest BCUT2D eigenvalue weighted by Crippen LogP contribution is 2.24. The predicted octanol–water partition coefficient (Wildman–Crippen LogP) is 2.55. The molecule has 1 saturated heterocycles. The number of aryl methyl sites for hydroxylation is 2. The van der Waals surface area contributed by atoms with Gasteiger partial charge in [0.1, 0.15) is 0 Å². The number of hydrogen-bond acceptors (Lipinski definition) is 2. The van der Waals surface area contributed by atoms with E-state index >= 15 is 0 Å². The van der Waals surface area contributed by atoms with Crippen molar-refractivity contribution in [3.05, 3.63) is 34.9 Å². The number of nitrogens with zero attached hydrogens (tertiary/aromatic N) is 1. The SMILES string of the molecule is O=C(c1ccc2c(c1)CCCC2)N1CCCCC1CO. The largest absolute Gasteiger partial charge is 0.394 e. The number of aliphatic hydroxyl groups excluding tert-OH is 1. The molecule has 3 rings (SSSR count). The molecule has 1 heterocycles. The zero-order valence-corrected chi connectivity index (χ0v) is 12.0. The molecule has 3 heteroatoms. The maximum Gasteiger partial charge on any atom is 0.254 e. The van der Waals surface area contributed by atoms with Crippen LogP contribution in [0.25, 0.3) is 0 Å². The van der Waals surface area contributed by atoms with Gasteiger partial charge in [0.15, 0.2) is 0 Å². The molecular formula is C17H23NO2. The van der Waals surface area contributed by atoms with Crippen molar-refractivity contribution in [2.45, 2.75) is 51.0 Å². The Hall–Kier alpha value is -1.35. The van der Waals surface area contributed by atoms with E-state index in [1.54, 1.807) is 0 Å². The van der Waals surface area contributed by atoms with Gasteiger partial charge >= 0.3 is 0 Å². The van der Waals surface area contributed by atoms with Crippen LogP contribution in [-0.4, -0.2) is 35.1 Å². The van der Waals surface area contributed by atoms with E-state index in [1.165, 1.54) is 24.0 Å². The van der Waals surface area contributed by atoms with Gasteiger partial charge in [-0.1, -0.05) is 6.07 Å². The average Bonchev–Trinajstić information content (AvgIpc) is 2.53. The molecule has 1 unspecified atom stereocenters. The first-order chi connectivity index (χ1) is 9.79. The first-order valence-electron chi connectivity index (χ1n) is 7.83. The van der Waals surface area contributed by atoms with Crippen LogP contribution >= 0.6 is 0 Å². The fourth-order valence-electron chi connectivity index (χ4n) is 3.49. The number of rotatable bonds is 2. The summed E-state index contributed by atoms with van der Waals surface area (Å²) in [5, 5.41) is 9.46. The molecule has 1 fully saturated rings. The maximum atomic E-state index is 12.7. The molecule has 108 valence electrons. The van der Waals surface area contributed by atoms with Crippen LogP contribution in [0.3, 0.4) is 0 Å². The molecule has 1 aromatic rings. The molecule has 0 aromatic heterocycles. The van der Waals surface area contributed by atoms with Crippen LogP contribution in [0.15, 0.2) is 18.2 Å². The lowest BCUT2D eigenvalue weighted by Crippen LogP contribution is -2.45. The normalized spacial score (nSPS) is 22.4. The fourth-order valence-corrected chi connectivity index (χ4v) is 3.49. The van der Waals surface area contributed by atoms with E-state index in [0.29, 0.717) is 0 Å². The number of fused-ring (bicyclic) bond motifs is 1. The van der Waals surface area contributed by atoms with E-state index in [9.17, 15) is 9.90 Å². The summed E-state index contributed by atoms with van der Waals surface area (Å²) in [6.45, 7) is 0.859. The quantitative estimate of drug-likeness (QED) is 0.899. The molecule has 1 amide bonds. The number of benzene rings is 1. The van der Waals surface area contributed by atoms with E-state index < -0.39 is 0 Å². The minimum atomic E-state index is 0.00674. The number of aliphatic hydroxyl groups is 1. The maximum absolute atomic E-state index is 12.7. The fraction of sp³-hybridized carbons (Fsp3) is 0.588. The van der Waals surface area contributed by atoms with Crippen molar-refractivity contribution in [3.8, 4) is 0 Å². The third kappa shape index (κ3) is 2.59. The van der Waals surface area contributed by atoms with E-state index in [0.717, 1.165) is 44.2 Å². The third-order valence-corrected chi connectivity index (χ3v) is 4.69. The Morgan fingerprint density at radius 3 is 2.75 bits per heavy atom. The molecule has 0 spiro atoms. The minimum Gasteiger partial charge on any atom is -0.394 e. The van der Waals surface area contributed by atoms with Crippen molar-refractivity contribution in [2.24, 2.45) is 0 Å². The molecule has 0 radical (unpaired) electrons. The van der Waals surface area contributed by atoms with Crippen LogP contribution < -0.4 is 0 Å². The number of piperidine rings is 1. The second kappa shape index (κ2) is 5.96. The summed E-state index contributed by atoms with van der Waals surface area (Å²) >= 11 is 0. The van der Waals surface area contributed by atoms with E-state index in [4.69, 9.17) is 0 Å².